The van der Waals surface area contributed by atoms with E-state index in [0.717, 1.165) is 17.2 Å². The molecule has 0 saturated carbocycles. The van der Waals surface area contributed by atoms with Gasteiger partial charge in [0.15, 0.2) is 0 Å². The molecular weight excluding hydrogens is 538 g/mol. The Bertz CT molecular complexity index is 1540. The zero-order valence-electron chi connectivity index (χ0n) is 21.0. The number of nitrogens with one attached hydrogen (secondary N) is 2. The molecule has 3 aromatic carbocycles. The number of nitrogens with zero attached hydrogens (tertiary/aromatic N) is 1. The van der Waals surface area contributed by atoms with Crippen molar-refractivity contribution in [1.29, 1.82) is 0 Å². The van der Waals surface area contributed by atoms with Crippen molar-refractivity contribution in [2.45, 2.75) is 44.3 Å². The first kappa shape index (κ1) is 28.2. The van der Waals surface area contributed by atoms with E-state index in [4.69, 9.17) is 0 Å². The predicted molar refractivity (Wildman–Crippen MR) is 137 cm³/mol. The third-order valence-electron chi connectivity index (χ3n) is 6.36. The molecule has 2 N–H and O–H groups in total. The molecule has 0 spiro atoms. The summed E-state index contributed by atoms with van der Waals surface area (Å²) in [5, 5.41) is 5.36. The van der Waals surface area contributed by atoms with Crippen LogP contribution >= 0.6 is 0 Å². The fourth-order valence-corrected chi connectivity index (χ4v) is 5.88. The van der Waals surface area contributed by atoms with E-state index >= 15 is 0 Å². The van der Waals surface area contributed by atoms with Gasteiger partial charge in [-0.2, -0.15) is 17.5 Å². The number of halogens is 4. The van der Waals surface area contributed by atoms with Crippen LogP contribution in [0, 0.1) is 12.7 Å². The molecule has 0 aromatic heterocycles. The summed E-state index contributed by atoms with van der Waals surface area (Å²) < 4.78 is 80.2. The van der Waals surface area contributed by atoms with Gasteiger partial charge in [-0.3, -0.25) is 9.59 Å². The summed E-state index contributed by atoms with van der Waals surface area (Å²) in [6.45, 7) is 3.34. The molecule has 7 nitrogen and oxygen atoms in total. The van der Waals surface area contributed by atoms with E-state index in [1.807, 2.05) is 0 Å². The molecule has 3 aromatic rings. The second-order valence-electron chi connectivity index (χ2n) is 9.23. The highest BCUT2D eigenvalue weighted by molar-refractivity contribution is 7.89. The van der Waals surface area contributed by atoms with Gasteiger partial charge in [-0.05, 0) is 72.0 Å². The average molecular weight is 564 g/mol. The number of anilines is 2. The average Bonchev–Trinajstić information content (AvgIpc) is 2.84. The Labute approximate surface area is 222 Å². The van der Waals surface area contributed by atoms with Gasteiger partial charge in [0.05, 0.1) is 16.9 Å². The van der Waals surface area contributed by atoms with Crippen LogP contribution in [-0.4, -0.2) is 31.1 Å². The molecule has 0 fully saturated rings. The molecule has 39 heavy (non-hydrogen) atoms. The van der Waals surface area contributed by atoms with Gasteiger partial charge < -0.3 is 10.6 Å². The van der Waals surface area contributed by atoms with Gasteiger partial charge >= 0.3 is 6.18 Å². The lowest BCUT2D eigenvalue weighted by atomic mass is 9.95. The maximum absolute atomic E-state index is 13.9. The molecular formula is C27H25F4N3O4S. The Balaban J connectivity index is 1.50. The van der Waals surface area contributed by atoms with Crippen LogP contribution in [0.4, 0.5) is 28.9 Å². The molecule has 0 radical (unpaired) electrons. The van der Waals surface area contributed by atoms with Gasteiger partial charge in [-0.1, -0.05) is 18.2 Å². The molecule has 2 amide bonds. The standard InChI is InChI=1S/C27H25F4N3O4S/c1-16-3-5-19-15-34(39(37,38)21-8-6-20(7-9-21)32-17(2)35)12-11-22(19)26(16)33-25(36)14-18-4-10-23(24(28)13-18)27(29,30)31/h3-10,13H,11-12,14-15H2,1-2H3,(H,32,35)(H,33,36). The summed E-state index contributed by atoms with van der Waals surface area (Å²) in [5.74, 6) is -2.27. The fourth-order valence-electron chi connectivity index (χ4n) is 4.46. The van der Waals surface area contributed by atoms with Crippen LogP contribution in [-0.2, 0) is 45.2 Å². The van der Waals surface area contributed by atoms with E-state index in [9.17, 15) is 35.6 Å². The Morgan fingerprint density at radius 1 is 1.00 bits per heavy atom. The van der Waals surface area contributed by atoms with Crippen LogP contribution in [0.15, 0.2) is 59.5 Å². The van der Waals surface area contributed by atoms with Gasteiger partial charge in [0.2, 0.25) is 21.8 Å². The number of hydrogen-bond donors (Lipinski definition) is 2. The van der Waals surface area contributed by atoms with Gasteiger partial charge in [-0.15, -0.1) is 0 Å². The van der Waals surface area contributed by atoms with E-state index < -0.39 is 33.5 Å². The van der Waals surface area contributed by atoms with E-state index in [1.165, 1.54) is 35.5 Å². The van der Waals surface area contributed by atoms with E-state index in [0.29, 0.717) is 35.5 Å². The number of amides is 2. The third kappa shape index (κ3) is 6.28. The number of hydrogen-bond acceptors (Lipinski definition) is 4. The zero-order valence-corrected chi connectivity index (χ0v) is 21.8. The third-order valence-corrected chi connectivity index (χ3v) is 8.22. The highest BCUT2D eigenvalue weighted by Gasteiger charge is 2.34. The minimum Gasteiger partial charge on any atom is -0.326 e. The van der Waals surface area contributed by atoms with Crippen molar-refractivity contribution in [1.82, 2.24) is 4.31 Å². The van der Waals surface area contributed by atoms with Gasteiger partial charge in [0.1, 0.15) is 5.82 Å². The molecule has 1 aliphatic heterocycles. The predicted octanol–water partition coefficient (Wildman–Crippen LogP) is 5.04. The molecule has 206 valence electrons. The lowest BCUT2D eigenvalue weighted by Crippen LogP contribution is -2.36. The SMILES string of the molecule is CC(=O)Nc1ccc(S(=O)(=O)N2CCc3c(ccc(C)c3NC(=O)Cc3ccc(C(F)(F)F)c(F)c3)C2)cc1. The number of rotatable bonds is 6. The Morgan fingerprint density at radius 3 is 2.31 bits per heavy atom. The molecule has 0 aliphatic carbocycles. The van der Waals surface area contributed by atoms with E-state index in [2.05, 4.69) is 10.6 Å². The van der Waals surface area contributed by atoms with Crippen molar-refractivity contribution in [3.63, 3.8) is 0 Å². The van der Waals surface area contributed by atoms with Crippen LogP contribution in [0.1, 0.15) is 34.7 Å². The van der Waals surface area contributed by atoms with Crippen molar-refractivity contribution < 1.29 is 35.6 Å². The molecule has 12 heteroatoms. The molecule has 0 saturated heterocycles. The number of carbonyl (C=O) groups excluding carboxylic acids is 2. The molecule has 4 rings (SSSR count). The summed E-state index contributed by atoms with van der Waals surface area (Å²) >= 11 is 0. The quantitative estimate of drug-likeness (QED) is 0.411. The lowest BCUT2D eigenvalue weighted by molar-refractivity contribution is -0.140. The maximum Gasteiger partial charge on any atom is 0.419 e. The number of fused-ring (bicyclic) bond motifs is 1. The Morgan fingerprint density at radius 2 is 1.69 bits per heavy atom. The minimum absolute atomic E-state index is 0.0678. The van der Waals surface area contributed by atoms with Crippen LogP contribution in [0.5, 0.6) is 0 Å². The normalized spacial score (nSPS) is 14.0. The second-order valence-corrected chi connectivity index (χ2v) is 11.2. The van der Waals surface area contributed by atoms with Gasteiger partial charge in [-0.25, -0.2) is 12.8 Å². The van der Waals surface area contributed by atoms with Gasteiger partial charge in [0, 0.05) is 31.4 Å². The largest absolute Gasteiger partial charge is 0.419 e. The van der Waals surface area contributed by atoms with Crippen molar-refractivity contribution in [3.05, 3.63) is 88.2 Å². The van der Waals surface area contributed by atoms with Crippen molar-refractivity contribution in [2.24, 2.45) is 0 Å². The van der Waals surface area contributed by atoms with Crippen molar-refractivity contribution in [3.8, 4) is 0 Å². The molecule has 1 aliphatic rings. The van der Waals surface area contributed by atoms with Crippen LogP contribution in [0.2, 0.25) is 0 Å². The van der Waals surface area contributed by atoms with Crippen LogP contribution in [0.3, 0.4) is 0 Å². The number of benzene rings is 3. The maximum atomic E-state index is 13.9. The first-order chi connectivity index (χ1) is 18.3. The van der Waals surface area contributed by atoms with E-state index in [1.54, 1.807) is 19.1 Å². The number of carbonyl (C=O) groups is 2. The first-order valence-corrected chi connectivity index (χ1v) is 13.3. The van der Waals surface area contributed by atoms with E-state index in [-0.39, 0.29) is 35.9 Å². The number of sulfonamides is 1. The zero-order chi connectivity index (χ0) is 28.5. The molecule has 0 bridgehead atoms. The number of aryl methyl sites for hydroxylation is 1. The Kier molecular flexibility index (Phi) is 7.80. The smallest absolute Gasteiger partial charge is 0.326 e. The molecule has 0 atom stereocenters. The fraction of sp³-hybridized carbons (Fsp3) is 0.259. The highest BCUT2D eigenvalue weighted by Crippen LogP contribution is 2.33. The van der Waals surface area contributed by atoms with Crippen LogP contribution in [0.25, 0.3) is 0 Å². The minimum atomic E-state index is -4.83. The summed E-state index contributed by atoms with van der Waals surface area (Å²) in [5.41, 5.74) is 1.84. The lowest BCUT2D eigenvalue weighted by Gasteiger charge is -2.30. The second kappa shape index (κ2) is 10.8. The summed E-state index contributed by atoms with van der Waals surface area (Å²) in [4.78, 5) is 24.0. The van der Waals surface area contributed by atoms with Gasteiger partial charge in [0.25, 0.3) is 0 Å². The van der Waals surface area contributed by atoms with Crippen molar-refractivity contribution in [2.75, 3.05) is 17.2 Å². The monoisotopic (exact) mass is 563 g/mol. The summed E-state index contributed by atoms with van der Waals surface area (Å²) in [6, 6.07) is 11.7. The number of alkyl halides is 3. The Hall–Kier alpha value is -3.77. The topological polar surface area (TPSA) is 95.6 Å². The summed E-state index contributed by atoms with van der Waals surface area (Å²) in [6.07, 6.45) is -4.86. The molecule has 1 heterocycles. The summed E-state index contributed by atoms with van der Waals surface area (Å²) in [7, 11) is -3.84. The first-order valence-electron chi connectivity index (χ1n) is 11.9. The highest BCUT2D eigenvalue weighted by atomic mass is 32.2. The molecule has 0 unspecified atom stereocenters. The van der Waals surface area contributed by atoms with Crippen LogP contribution < -0.4 is 10.6 Å². The van der Waals surface area contributed by atoms with Crippen molar-refractivity contribution >= 4 is 33.2 Å².